The fourth-order valence-corrected chi connectivity index (χ4v) is 3.62. The van der Waals surface area contributed by atoms with Crippen LogP contribution >= 0.6 is 15.9 Å². The molecule has 1 aromatic rings. The Labute approximate surface area is 145 Å². The maximum Gasteiger partial charge on any atom is 0.341 e. The van der Waals surface area contributed by atoms with Gasteiger partial charge in [-0.25, -0.2) is 0 Å². The second-order valence-corrected chi connectivity index (χ2v) is 9.22. The van der Waals surface area contributed by atoms with E-state index >= 15 is 0 Å². The zero-order valence-electron chi connectivity index (χ0n) is 13.4. The number of carbonyl (C=O) groups is 1. The highest BCUT2D eigenvalue weighted by Gasteiger charge is 2.37. The van der Waals surface area contributed by atoms with Gasteiger partial charge < -0.3 is 8.92 Å². The molecule has 0 aromatic heterocycles. The average molecular weight is 405 g/mol. The Balaban J connectivity index is 2.07. The molecule has 1 saturated heterocycles. The van der Waals surface area contributed by atoms with Gasteiger partial charge in [0, 0.05) is 11.1 Å². The fourth-order valence-electron chi connectivity index (χ4n) is 2.44. The minimum absolute atomic E-state index is 0.0338. The van der Waals surface area contributed by atoms with E-state index < -0.39 is 22.0 Å². The summed E-state index contributed by atoms with van der Waals surface area (Å²) in [6, 6.07) is 5.97. The molecule has 0 spiro atoms. The molecule has 1 aliphatic rings. The van der Waals surface area contributed by atoms with E-state index in [-0.39, 0.29) is 16.4 Å². The molecule has 1 fully saturated rings. The van der Waals surface area contributed by atoms with Gasteiger partial charge in [-0.2, -0.15) is 8.42 Å². The first kappa shape index (κ1) is 18.4. The minimum Gasteiger partial charge on any atom is -0.378 e. The smallest absolute Gasteiger partial charge is 0.341 e. The third kappa shape index (κ3) is 4.78. The lowest BCUT2D eigenvalue weighted by molar-refractivity contribution is -0.146. The maximum absolute atomic E-state index is 12.3. The van der Waals surface area contributed by atoms with Crippen molar-refractivity contribution in [2.24, 2.45) is 11.3 Å². The number of ether oxygens (including phenoxy) is 1. The first-order valence-corrected chi connectivity index (χ1v) is 9.65. The van der Waals surface area contributed by atoms with E-state index in [0.29, 0.717) is 19.4 Å². The lowest BCUT2D eigenvalue weighted by Crippen LogP contribution is -2.39. The van der Waals surface area contributed by atoms with Crippen LogP contribution in [0.15, 0.2) is 33.6 Å². The first-order valence-electron chi connectivity index (χ1n) is 7.45. The summed E-state index contributed by atoms with van der Waals surface area (Å²) in [7, 11) is -4.09. The zero-order chi connectivity index (χ0) is 17.3. The summed E-state index contributed by atoms with van der Waals surface area (Å²) >= 11 is 3.23. The van der Waals surface area contributed by atoms with E-state index in [1.165, 1.54) is 12.1 Å². The first-order chi connectivity index (χ1) is 10.6. The molecule has 1 heterocycles. The summed E-state index contributed by atoms with van der Waals surface area (Å²) in [5.41, 5.74) is -0.108. The van der Waals surface area contributed by atoms with Gasteiger partial charge in [0.05, 0.1) is 12.0 Å². The van der Waals surface area contributed by atoms with Crippen LogP contribution in [0.5, 0.6) is 0 Å². The average Bonchev–Trinajstić information content (AvgIpc) is 2.46. The molecule has 1 aromatic carbocycles. The third-order valence-electron chi connectivity index (χ3n) is 3.88. The van der Waals surface area contributed by atoms with Gasteiger partial charge in [-0.15, -0.1) is 0 Å². The predicted octanol–water partition coefficient (Wildman–Crippen LogP) is 3.52. The number of hydrogen-bond acceptors (Lipinski definition) is 5. The van der Waals surface area contributed by atoms with Crippen molar-refractivity contribution >= 4 is 32.0 Å². The van der Waals surface area contributed by atoms with Gasteiger partial charge in [0.15, 0.2) is 0 Å². The second kappa shape index (κ2) is 6.91. The topological polar surface area (TPSA) is 69.7 Å². The lowest BCUT2D eigenvalue weighted by Gasteiger charge is -2.36. The molecule has 128 valence electrons. The summed E-state index contributed by atoms with van der Waals surface area (Å²) in [6.07, 6.45) is 0.851. The molecule has 0 radical (unpaired) electrons. The Morgan fingerprint density at radius 1 is 1.26 bits per heavy atom. The molecule has 0 aliphatic carbocycles. The second-order valence-electron chi connectivity index (χ2n) is 6.76. The molecule has 23 heavy (non-hydrogen) atoms. The van der Waals surface area contributed by atoms with Crippen molar-refractivity contribution in [1.29, 1.82) is 0 Å². The number of benzene rings is 1. The standard InChI is InChI=1S/C16H21BrO5S/c1-16(2,3)14-10-11(8-9-21-14)15(18)22-23(19,20)13-6-4-12(17)5-7-13/h4-7,11,14H,8-10H2,1-3H3. The molecular weight excluding hydrogens is 384 g/mol. The SMILES string of the molecule is CC(C)(C)C1CC(C(=O)OS(=O)(=O)c2ccc(Br)cc2)CCO1. The van der Waals surface area contributed by atoms with Gasteiger partial charge in [0.2, 0.25) is 0 Å². The van der Waals surface area contributed by atoms with E-state index in [1.54, 1.807) is 12.1 Å². The van der Waals surface area contributed by atoms with Crippen molar-refractivity contribution in [3.63, 3.8) is 0 Å². The Morgan fingerprint density at radius 2 is 1.87 bits per heavy atom. The van der Waals surface area contributed by atoms with Crippen molar-refractivity contribution in [2.75, 3.05) is 6.61 Å². The van der Waals surface area contributed by atoms with Gasteiger partial charge in [0.25, 0.3) is 0 Å². The number of halogens is 1. The van der Waals surface area contributed by atoms with Gasteiger partial charge in [-0.1, -0.05) is 36.7 Å². The van der Waals surface area contributed by atoms with E-state index in [1.807, 2.05) is 20.8 Å². The van der Waals surface area contributed by atoms with Crippen LogP contribution in [0.3, 0.4) is 0 Å². The Bertz CT molecular complexity index is 661. The molecule has 2 atom stereocenters. The zero-order valence-corrected chi connectivity index (χ0v) is 15.8. The minimum atomic E-state index is -4.09. The van der Waals surface area contributed by atoms with Crippen LogP contribution in [-0.4, -0.2) is 27.1 Å². The number of rotatable bonds is 3. The van der Waals surface area contributed by atoms with Crippen LogP contribution in [0.25, 0.3) is 0 Å². The van der Waals surface area contributed by atoms with Crippen LogP contribution in [0.1, 0.15) is 33.6 Å². The van der Waals surface area contributed by atoms with Gasteiger partial charge in [-0.05, 0) is 42.5 Å². The van der Waals surface area contributed by atoms with Crippen molar-refractivity contribution < 1.29 is 22.1 Å². The van der Waals surface area contributed by atoms with Crippen LogP contribution in [0.4, 0.5) is 0 Å². The highest BCUT2D eigenvalue weighted by molar-refractivity contribution is 9.10. The highest BCUT2D eigenvalue weighted by Crippen LogP contribution is 2.33. The number of carbonyl (C=O) groups excluding carboxylic acids is 1. The lowest BCUT2D eigenvalue weighted by atomic mass is 9.81. The summed E-state index contributed by atoms with van der Waals surface area (Å²) in [5.74, 6) is -1.16. The van der Waals surface area contributed by atoms with Gasteiger partial charge in [-0.3, -0.25) is 4.79 Å². The Hall–Kier alpha value is -0.920. The van der Waals surface area contributed by atoms with E-state index in [2.05, 4.69) is 15.9 Å². The molecule has 0 bridgehead atoms. The monoisotopic (exact) mass is 404 g/mol. The quantitative estimate of drug-likeness (QED) is 0.720. The fraction of sp³-hybridized carbons (Fsp3) is 0.562. The van der Waals surface area contributed by atoms with E-state index in [4.69, 9.17) is 8.92 Å². The van der Waals surface area contributed by atoms with Crippen molar-refractivity contribution in [3.8, 4) is 0 Å². The normalized spacial score (nSPS) is 22.6. The van der Waals surface area contributed by atoms with Crippen LogP contribution in [-0.2, 0) is 23.8 Å². The van der Waals surface area contributed by atoms with E-state index in [9.17, 15) is 13.2 Å². The Morgan fingerprint density at radius 3 is 2.43 bits per heavy atom. The molecule has 1 aliphatic heterocycles. The summed E-state index contributed by atoms with van der Waals surface area (Å²) in [5, 5.41) is 0. The van der Waals surface area contributed by atoms with Crippen molar-refractivity contribution in [2.45, 2.75) is 44.6 Å². The summed E-state index contributed by atoms with van der Waals surface area (Å²) in [4.78, 5) is 12.2. The van der Waals surface area contributed by atoms with Crippen LogP contribution in [0.2, 0.25) is 0 Å². The predicted molar refractivity (Wildman–Crippen MR) is 89.3 cm³/mol. The van der Waals surface area contributed by atoms with Crippen molar-refractivity contribution in [1.82, 2.24) is 0 Å². The molecule has 2 unspecified atom stereocenters. The van der Waals surface area contributed by atoms with Crippen LogP contribution < -0.4 is 0 Å². The van der Waals surface area contributed by atoms with Gasteiger partial charge >= 0.3 is 16.1 Å². The highest BCUT2D eigenvalue weighted by atomic mass is 79.9. The van der Waals surface area contributed by atoms with Crippen LogP contribution in [0, 0.1) is 11.3 Å². The molecule has 5 nitrogen and oxygen atoms in total. The largest absolute Gasteiger partial charge is 0.378 e. The molecule has 0 amide bonds. The third-order valence-corrected chi connectivity index (χ3v) is 5.64. The number of hydrogen-bond donors (Lipinski definition) is 0. The summed E-state index contributed by atoms with van der Waals surface area (Å²) in [6.45, 7) is 6.53. The Kier molecular flexibility index (Phi) is 5.53. The summed E-state index contributed by atoms with van der Waals surface area (Å²) < 4.78 is 35.6. The molecule has 0 saturated carbocycles. The molecule has 2 rings (SSSR count). The molecule has 0 N–H and O–H groups in total. The molecule has 7 heteroatoms. The van der Waals surface area contributed by atoms with E-state index in [0.717, 1.165) is 4.47 Å². The van der Waals surface area contributed by atoms with Crippen molar-refractivity contribution in [3.05, 3.63) is 28.7 Å². The van der Waals surface area contributed by atoms with Gasteiger partial charge in [0.1, 0.15) is 4.90 Å². The maximum atomic E-state index is 12.3. The molecular formula is C16H21BrO5S.